The molecular weight excluding hydrogens is 308 g/mol. The zero-order valence-corrected chi connectivity index (χ0v) is 14.2. The first-order chi connectivity index (χ1) is 11.0. The summed E-state index contributed by atoms with van der Waals surface area (Å²) in [7, 11) is 0. The molecule has 2 aromatic rings. The highest BCUT2D eigenvalue weighted by Gasteiger charge is 2.25. The van der Waals surface area contributed by atoms with Crippen molar-refractivity contribution in [1.29, 1.82) is 0 Å². The Kier molecular flexibility index (Phi) is 4.22. The molecule has 1 aliphatic rings. The first-order valence-electron chi connectivity index (χ1n) is 7.80. The molecule has 0 spiro atoms. The summed E-state index contributed by atoms with van der Waals surface area (Å²) in [5.41, 5.74) is 9.68. The summed E-state index contributed by atoms with van der Waals surface area (Å²) in [5.74, 6) is -0.645. The number of anilines is 1. The van der Waals surface area contributed by atoms with E-state index in [-0.39, 0.29) is 5.91 Å². The predicted molar refractivity (Wildman–Crippen MR) is 93.3 cm³/mol. The van der Waals surface area contributed by atoms with Gasteiger partial charge in [-0.15, -0.1) is 11.3 Å². The Labute approximate surface area is 139 Å². The average molecular weight is 328 g/mol. The van der Waals surface area contributed by atoms with E-state index in [4.69, 9.17) is 5.73 Å². The van der Waals surface area contributed by atoms with Crippen molar-refractivity contribution in [2.75, 3.05) is 5.32 Å². The van der Waals surface area contributed by atoms with Gasteiger partial charge in [-0.1, -0.05) is 17.7 Å². The number of thiophene rings is 1. The van der Waals surface area contributed by atoms with E-state index in [1.165, 1.54) is 16.2 Å². The molecule has 2 amide bonds. The summed E-state index contributed by atoms with van der Waals surface area (Å²) < 4.78 is 0. The monoisotopic (exact) mass is 328 g/mol. The number of nitrogens with two attached hydrogens (primary N) is 1. The van der Waals surface area contributed by atoms with Crippen LogP contribution in [0.4, 0.5) is 5.00 Å². The van der Waals surface area contributed by atoms with Gasteiger partial charge in [-0.2, -0.15) is 0 Å². The van der Waals surface area contributed by atoms with Crippen LogP contribution in [0.15, 0.2) is 18.2 Å². The van der Waals surface area contributed by atoms with Crippen molar-refractivity contribution in [1.82, 2.24) is 0 Å². The van der Waals surface area contributed by atoms with E-state index in [2.05, 4.69) is 5.32 Å². The highest BCUT2D eigenvalue weighted by molar-refractivity contribution is 7.17. The lowest BCUT2D eigenvalue weighted by Crippen LogP contribution is -2.19. The van der Waals surface area contributed by atoms with Gasteiger partial charge < -0.3 is 11.1 Å². The third kappa shape index (κ3) is 3.01. The van der Waals surface area contributed by atoms with Gasteiger partial charge in [-0.3, -0.25) is 9.59 Å². The molecule has 0 unspecified atom stereocenters. The van der Waals surface area contributed by atoms with Crippen LogP contribution in [-0.2, 0) is 12.8 Å². The number of amides is 2. The molecule has 0 saturated heterocycles. The van der Waals surface area contributed by atoms with Gasteiger partial charge in [-0.05, 0) is 56.7 Å². The summed E-state index contributed by atoms with van der Waals surface area (Å²) in [6, 6.07) is 5.77. The van der Waals surface area contributed by atoms with Crippen LogP contribution in [0.5, 0.6) is 0 Å². The van der Waals surface area contributed by atoms with Crippen LogP contribution >= 0.6 is 11.3 Å². The minimum absolute atomic E-state index is 0.188. The van der Waals surface area contributed by atoms with Crippen molar-refractivity contribution < 1.29 is 9.59 Å². The quantitative estimate of drug-likeness (QED) is 0.903. The smallest absolute Gasteiger partial charge is 0.256 e. The van der Waals surface area contributed by atoms with Crippen LogP contribution in [0.25, 0.3) is 0 Å². The van der Waals surface area contributed by atoms with Crippen LogP contribution in [0.1, 0.15) is 55.1 Å². The maximum absolute atomic E-state index is 12.6. The van der Waals surface area contributed by atoms with Gasteiger partial charge in [0.05, 0.1) is 5.56 Å². The van der Waals surface area contributed by atoms with Gasteiger partial charge >= 0.3 is 0 Å². The van der Waals surface area contributed by atoms with Gasteiger partial charge in [0.1, 0.15) is 5.00 Å². The number of rotatable bonds is 3. The third-order valence-corrected chi connectivity index (χ3v) is 5.49. The van der Waals surface area contributed by atoms with Crippen molar-refractivity contribution >= 4 is 28.2 Å². The first kappa shape index (κ1) is 15.7. The molecule has 4 nitrogen and oxygen atoms in total. The summed E-state index contributed by atoms with van der Waals surface area (Å²) in [4.78, 5) is 25.7. The number of primary amides is 1. The van der Waals surface area contributed by atoms with Gasteiger partial charge in [0, 0.05) is 10.4 Å². The lowest BCUT2D eigenvalue weighted by atomic mass is 9.95. The summed E-state index contributed by atoms with van der Waals surface area (Å²) in [5, 5.41) is 3.51. The van der Waals surface area contributed by atoms with Crippen LogP contribution in [0, 0.1) is 13.8 Å². The molecule has 1 aromatic heterocycles. The van der Waals surface area contributed by atoms with E-state index in [1.54, 1.807) is 0 Å². The molecule has 0 saturated carbocycles. The SMILES string of the molecule is Cc1ccc(C)c(C(=O)Nc2sc3c(c2C(N)=O)CCCC3)c1. The molecule has 120 valence electrons. The highest BCUT2D eigenvalue weighted by Crippen LogP contribution is 2.38. The lowest BCUT2D eigenvalue weighted by Gasteiger charge is -2.11. The van der Waals surface area contributed by atoms with Crippen LogP contribution < -0.4 is 11.1 Å². The molecule has 0 bridgehead atoms. The van der Waals surface area contributed by atoms with Crippen molar-refractivity contribution in [2.24, 2.45) is 5.73 Å². The molecule has 0 atom stereocenters. The van der Waals surface area contributed by atoms with Crippen LogP contribution in [0.3, 0.4) is 0 Å². The van der Waals surface area contributed by atoms with Crippen LogP contribution in [-0.4, -0.2) is 11.8 Å². The number of benzene rings is 1. The second-order valence-electron chi connectivity index (χ2n) is 6.05. The predicted octanol–water partition coefficient (Wildman–Crippen LogP) is 3.59. The topological polar surface area (TPSA) is 72.2 Å². The molecule has 1 heterocycles. The van der Waals surface area contributed by atoms with E-state index in [9.17, 15) is 9.59 Å². The number of fused-ring (bicyclic) bond motifs is 1. The maximum Gasteiger partial charge on any atom is 0.256 e. The van der Waals surface area contributed by atoms with E-state index in [1.807, 2.05) is 32.0 Å². The lowest BCUT2D eigenvalue weighted by molar-refractivity contribution is 0.100. The Hall–Kier alpha value is -2.14. The molecule has 0 fully saturated rings. The number of carbonyl (C=O) groups excluding carboxylic acids is 2. The van der Waals surface area contributed by atoms with Gasteiger partial charge in [0.15, 0.2) is 0 Å². The van der Waals surface area contributed by atoms with Gasteiger partial charge in [0.25, 0.3) is 11.8 Å². The Balaban J connectivity index is 1.96. The summed E-state index contributed by atoms with van der Waals surface area (Å²) in [6.45, 7) is 3.86. The van der Waals surface area contributed by atoms with E-state index < -0.39 is 5.91 Å². The minimum atomic E-state index is -0.458. The number of carbonyl (C=O) groups is 2. The fraction of sp³-hybridized carbons (Fsp3) is 0.333. The third-order valence-electron chi connectivity index (χ3n) is 4.28. The second-order valence-corrected chi connectivity index (χ2v) is 7.16. The zero-order chi connectivity index (χ0) is 16.6. The number of aryl methyl sites for hydroxylation is 3. The van der Waals surface area contributed by atoms with Crippen molar-refractivity contribution in [2.45, 2.75) is 39.5 Å². The molecule has 3 N–H and O–H groups in total. The van der Waals surface area contributed by atoms with Crippen molar-refractivity contribution in [3.63, 3.8) is 0 Å². The molecule has 23 heavy (non-hydrogen) atoms. The van der Waals surface area contributed by atoms with E-state index >= 15 is 0 Å². The number of nitrogens with one attached hydrogen (secondary N) is 1. The first-order valence-corrected chi connectivity index (χ1v) is 8.62. The van der Waals surface area contributed by atoms with E-state index in [0.717, 1.165) is 42.4 Å². The number of hydrogen-bond donors (Lipinski definition) is 2. The van der Waals surface area contributed by atoms with Gasteiger partial charge in [0.2, 0.25) is 0 Å². The summed E-state index contributed by atoms with van der Waals surface area (Å²) in [6.07, 6.45) is 4.01. The Bertz CT molecular complexity index is 793. The molecule has 5 heteroatoms. The number of hydrogen-bond acceptors (Lipinski definition) is 3. The zero-order valence-electron chi connectivity index (χ0n) is 13.4. The Morgan fingerprint density at radius 2 is 1.91 bits per heavy atom. The van der Waals surface area contributed by atoms with Gasteiger partial charge in [-0.25, -0.2) is 0 Å². The van der Waals surface area contributed by atoms with Crippen molar-refractivity contribution in [3.05, 3.63) is 50.9 Å². The van der Waals surface area contributed by atoms with Crippen molar-refractivity contribution in [3.8, 4) is 0 Å². The fourth-order valence-corrected chi connectivity index (χ4v) is 4.36. The summed E-state index contributed by atoms with van der Waals surface area (Å²) >= 11 is 1.49. The molecule has 0 radical (unpaired) electrons. The molecular formula is C18H20N2O2S. The second kappa shape index (κ2) is 6.16. The maximum atomic E-state index is 12.6. The molecule has 3 rings (SSSR count). The molecule has 0 aliphatic heterocycles. The molecule has 1 aliphatic carbocycles. The highest BCUT2D eigenvalue weighted by atomic mass is 32.1. The Morgan fingerprint density at radius 1 is 1.17 bits per heavy atom. The largest absolute Gasteiger partial charge is 0.365 e. The Morgan fingerprint density at radius 3 is 2.65 bits per heavy atom. The van der Waals surface area contributed by atoms with Crippen LogP contribution in [0.2, 0.25) is 0 Å². The normalized spacial score (nSPS) is 13.5. The molecule has 1 aromatic carbocycles. The fourth-order valence-electron chi connectivity index (χ4n) is 3.07. The standard InChI is InChI=1S/C18H20N2O2S/c1-10-7-8-11(2)13(9-10)17(22)20-18-15(16(19)21)12-5-3-4-6-14(12)23-18/h7-9H,3-6H2,1-2H3,(H2,19,21)(H,20,22). The minimum Gasteiger partial charge on any atom is -0.365 e. The average Bonchev–Trinajstić information content (AvgIpc) is 2.87. The van der Waals surface area contributed by atoms with E-state index in [0.29, 0.717) is 16.1 Å².